The van der Waals surface area contributed by atoms with Crippen LogP contribution >= 0.6 is 11.5 Å². The summed E-state index contributed by atoms with van der Waals surface area (Å²) < 4.78 is 4.56. The lowest BCUT2D eigenvalue weighted by Crippen LogP contribution is -2.54. The summed E-state index contributed by atoms with van der Waals surface area (Å²) >= 11 is 1.45. The van der Waals surface area contributed by atoms with Gasteiger partial charge in [-0.05, 0) is 38.0 Å². The van der Waals surface area contributed by atoms with Crippen LogP contribution in [0.5, 0.6) is 0 Å². The van der Waals surface area contributed by atoms with E-state index in [-0.39, 0.29) is 11.9 Å². The minimum atomic E-state index is 0.118. The molecule has 0 radical (unpaired) electrons. The van der Waals surface area contributed by atoms with Gasteiger partial charge in [0.25, 0.3) is 5.91 Å². The van der Waals surface area contributed by atoms with Gasteiger partial charge in [0.2, 0.25) is 5.13 Å². The zero-order valence-electron chi connectivity index (χ0n) is 17.1. The summed E-state index contributed by atoms with van der Waals surface area (Å²) in [6.45, 7) is 8.44. The smallest absolute Gasteiger partial charge is 0.254 e. The van der Waals surface area contributed by atoms with E-state index in [9.17, 15) is 4.79 Å². The molecule has 0 N–H and O–H groups in total. The van der Waals surface area contributed by atoms with Gasteiger partial charge in [-0.3, -0.25) is 4.79 Å². The first-order valence-corrected chi connectivity index (χ1v) is 10.8. The molecular weight excluding hydrogens is 380 g/mol. The minimum Gasteiger partial charge on any atom is -0.343 e. The monoisotopic (exact) mass is 406 g/mol. The van der Waals surface area contributed by atoms with E-state index in [0.717, 1.165) is 41.6 Å². The minimum absolute atomic E-state index is 0.118. The van der Waals surface area contributed by atoms with Gasteiger partial charge >= 0.3 is 0 Å². The molecule has 1 aromatic heterocycles. The van der Waals surface area contributed by atoms with E-state index in [1.54, 1.807) is 0 Å². The van der Waals surface area contributed by atoms with E-state index in [4.69, 9.17) is 4.98 Å². The molecule has 1 fully saturated rings. The second kappa shape index (κ2) is 8.33. The number of benzene rings is 2. The average molecular weight is 407 g/mol. The third kappa shape index (κ3) is 4.32. The first kappa shape index (κ1) is 19.6. The van der Waals surface area contributed by atoms with Crippen molar-refractivity contribution in [1.29, 1.82) is 0 Å². The maximum absolute atomic E-state index is 13.0. The van der Waals surface area contributed by atoms with E-state index in [2.05, 4.69) is 47.4 Å². The van der Waals surface area contributed by atoms with Crippen molar-refractivity contribution >= 4 is 22.6 Å². The number of aryl methyl sites for hydroxylation is 2. The van der Waals surface area contributed by atoms with Gasteiger partial charge in [0, 0.05) is 49.2 Å². The largest absolute Gasteiger partial charge is 0.343 e. The number of hydrogen-bond acceptors (Lipinski definition) is 5. The van der Waals surface area contributed by atoms with Crippen molar-refractivity contribution in [2.45, 2.75) is 33.2 Å². The lowest BCUT2D eigenvalue weighted by molar-refractivity contribution is 0.0673. The van der Waals surface area contributed by atoms with E-state index in [1.807, 2.05) is 36.1 Å². The summed E-state index contributed by atoms with van der Waals surface area (Å²) in [6, 6.07) is 16.4. The highest BCUT2D eigenvalue weighted by Gasteiger charge is 2.30. The molecule has 2 heterocycles. The molecule has 6 heteroatoms. The number of rotatable bonds is 4. The Labute approximate surface area is 176 Å². The van der Waals surface area contributed by atoms with Crippen LogP contribution in [0.2, 0.25) is 0 Å². The maximum atomic E-state index is 13.0. The molecule has 4 rings (SSSR count). The topological polar surface area (TPSA) is 49.3 Å². The first-order valence-electron chi connectivity index (χ1n) is 10.0. The highest BCUT2D eigenvalue weighted by atomic mass is 32.1. The number of nitrogens with zero attached hydrogens (tertiary/aromatic N) is 4. The second-order valence-corrected chi connectivity index (χ2v) is 8.49. The molecule has 5 nitrogen and oxygen atoms in total. The van der Waals surface area contributed by atoms with Crippen LogP contribution in [0.4, 0.5) is 5.13 Å². The van der Waals surface area contributed by atoms with Crippen LogP contribution < -0.4 is 4.90 Å². The van der Waals surface area contributed by atoms with Gasteiger partial charge < -0.3 is 9.80 Å². The molecule has 150 valence electrons. The average Bonchev–Trinajstić information content (AvgIpc) is 3.18. The Kier molecular flexibility index (Phi) is 5.62. The third-order valence-corrected chi connectivity index (χ3v) is 6.29. The quantitative estimate of drug-likeness (QED) is 0.655. The number of piperazine rings is 1. The van der Waals surface area contributed by atoms with Crippen LogP contribution in [0.1, 0.15) is 39.8 Å². The normalized spacial score (nSPS) is 16.9. The van der Waals surface area contributed by atoms with Crippen LogP contribution in [-0.2, 0) is 6.42 Å². The molecule has 0 unspecified atom stereocenters. The number of amides is 1. The Morgan fingerprint density at radius 3 is 2.59 bits per heavy atom. The van der Waals surface area contributed by atoms with Crippen molar-refractivity contribution in [2.24, 2.45) is 0 Å². The van der Waals surface area contributed by atoms with Gasteiger partial charge in [-0.1, -0.05) is 48.0 Å². The maximum Gasteiger partial charge on any atom is 0.254 e. The molecule has 1 atom stereocenters. The molecule has 1 aliphatic heterocycles. The van der Waals surface area contributed by atoms with Crippen molar-refractivity contribution in [1.82, 2.24) is 14.3 Å². The van der Waals surface area contributed by atoms with Crippen LogP contribution in [0.25, 0.3) is 0 Å². The number of anilines is 1. The Morgan fingerprint density at radius 2 is 1.86 bits per heavy atom. The summed E-state index contributed by atoms with van der Waals surface area (Å²) in [6.07, 6.45) is 0.748. The first-order chi connectivity index (χ1) is 14.0. The molecule has 0 aliphatic carbocycles. The fraction of sp³-hybridized carbons (Fsp3) is 0.348. The lowest BCUT2D eigenvalue weighted by atomic mass is 10.1. The highest BCUT2D eigenvalue weighted by Crippen LogP contribution is 2.24. The summed E-state index contributed by atoms with van der Waals surface area (Å²) in [5.41, 5.74) is 4.30. The summed E-state index contributed by atoms with van der Waals surface area (Å²) in [5.74, 6) is 0.979. The molecule has 29 heavy (non-hydrogen) atoms. The molecule has 3 aromatic rings. The molecule has 2 aromatic carbocycles. The highest BCUT2D eigenvalue weighted by molar-refractivity contribution is 7.09. The van der Waals surface area contributed by atoms with Gasteiger partial charge in [-0.2, -0.15) is 4.37 Å². The Morgan fingerprint density at radius 1 is 1.10 bits per heavy atom. The van der Waals surface area contributed by atoms with Gasteiger partial charge in [-0.25, -0.2) is 4.98 Å². The van der Waals surface area contributed by atoms with Crippen molar-refractivity contribution in [3.63, 3.8) is 0 Å². The van der Waals surface area contributed by atoms with Crippen LogP contribution in [0.15, 0.2) is 48.5 Å². The number of aromatic nitrogens is 2. The molecule has 0 bridgehead atoms. The molecule has 0 saturated carbocycles. The Bertz CT molecular complexity index is 998. The Balaban J connectivity index is 1.41. The summed E-state index contributed by atoms with van der Waals surface area (Å²) in [5, 5.41) is 0.946. The fourth-order valence-electron chi connectivity index (χ4n) is 3.73. The third-order valence-electron chi connectivity index (χ3n) is 5.47. The van der Waals surface area contributed by atoms with Gasteiger partial charge in [0.1, 0.15) is 5.82 Å². The SMILES string of the molecule is Cc1ccc(Cc2nsc(N3CCN(C(=O)c4ccccc4C)[C@H](C)C3)n2)cc1. The van der Waals surface area contributed by atoms with Crippen LogP contribution in [0, 0.1) is 13.8 Å². The van der Waals surface area contributed by atoms with Crippen molar-refractivity contribution in [3.05, 3.63) is 76.6 Å². The Hall–Kier alpha value is -2.73. The van der Waals surface area contributed by atoms with E-state index < -0.39 is 0 Å². The van der Waals surface area contributed by atoms with Crippen LogP contribution in [-0.4, -0.2) is 45.8 Å². The second-order valence-electron chi connectivity index (χ2n) is 7.76. The molecular formula is C23H26N4OS. The summed E-state index contributed by atoms with van der Waals surface area (Å²) in [7, 11) is 0. The van der Waals surface area contributed by atoms with Gasteiger partial charge in [0.05, 0.1) is 0 Å². The van der Waals surface area contributed by atoms with Crippen molar-refractivity contribution < 1.29 is 4.79 Å². The number of carbonyl (C=O) groups excluding carboxylic acids is 1. The van der Waals surface area contributed by atoms with Gasteiger partial charge in [0.15, 0.2) is 0 Å². The standard InChI is InChI=1S/C23H26N4OS/c1-16-8-10-19(11-9-16)14-21-24-23(29-25-21)26-12-13-27(18(3)15-26)22(28)20-7-5-4-6-17(20)2/h4-11,18H,12-15H2,1-3H3/t18-/m1/s1. The van der Waals surface area contributed by atoms with Crippen molar-refractivity contribution in [3.8, 4) is 0 Å². The lowest BCUT2D eigenvalue weighted by Gasteiger charge is -2.39. The van der Waals surface area contributed by atoms with Crippen LogP contribution in [0.3, 0.4) is 0 Å². The van der Waals surface area contributed by atoms with E-state index >= 15 is 0 Å². The van der Waals surface area contributed by atoms with Crippen molar-refractivity contribution in [2.75, 3.05) is 24.5 Å². The molecule has 1 aliphatic rings. The van der Waals surface area contributed by atoms with E-state index in [0.29, 0.717) is 6.54 Å². The molecule has 0 spiro atoms. The fourth-order valence-corrected chi connectivity index (χ4v) is 4.45. The molecule has 1 saturated heterocycles. The van der Waals surface area contributed by atoms with Gasteiger partial charge in [-0.15, -0.1) is 0 Å². The number of carbonyl (C=O) groups is 1. The molecule has 1 amide bonds. The predicted octanol–water partition coefficient (Wildman–Crippen LogP) is 4.10. The van der Waals surface area contributed by atoms with E-state index in [1.165, 1.54) is 22.7 Å². The zero-order chi connectivity index (χ0) is 20.4. The number of hydrogen-bond donors (Lipinski definition) is 0. The summed E-state index contributed by atoms with van der Waals surface area (Å²) in [4.78, 5) is 22.0. The predicted molar refractivity (Wildman–Crippen MR) is 118 cm³/mol. The zero-order valence-corrected chi connectivity index (χ0v) is 17.9.